The number of nitrogens with zero attached hydrogens (tertiary/aromatic N) is 1. The fraction of sp³-hybridized carbons (Fsp3) is 0.600. The monoisotopic (exact) mass is 356 g/mol. The SMILES string of the molecule is CC1OCCC1C(=O)NC(C)(C)COc1ncccc1Br. The molecule has 0 aromatic carbocycles. The van der Waals surface area contributed by atoms with Crippen LogP contribution < -0.4 is 10.1 Å². The van der Waals surface area contributed by atoms with E-state index in [0.29, 0.717) is 19.1 Å². The van der Waals surface area contributed by atoms with Gasteiger partial charge in [0.05, 0.1) is 22.0 Å². The number of hydrogen-bond acceptors (Lipinski definition) is 4. The van der Waals surface area contributed by atoms with Crippen LogP contribution in [0.4, 0.5) is 0 Å². The summed E-state index contributed by atoms with van der Waals surface area (Å²) in [6, 6.07) is 3.69. The minimum atomic E-state index is -0.476. The molecule has 1 amide bonds. The lowest BCUT2D eigenvalue weighted by Gasteiger charge is -2.28. The summed E-state index contributed by atoms with van der Waals surface area (Å²) in [4.78, 5) is 16.4. The molecule has 1 aliphatic heterocycles. The Balaban J connectivity index is 1.89. The summed E-state index contributed by atoms with van der Waals surface area (Å²) < 4.78 is 11.9. The van der Waals surface area contributed by atoms with Gasteiger partial charge in [0.15, 0.2) is 0 Å². The molecule has 1 aromatic heterocycles. The molecule has 116 valence electrons. The zero-order chi connectivity index (χ0) is 15.5. The smallest absolute Gasteiger partial charge is 0.228 e. The molecule has 0 spiro atoms. The number of carbonyl (C=O) groups excluding carboxylic acids is 1. The molecular weight excluding hydrogens is 336 g/mol. The second-order valence-electron chi connectivity index (χ2n) is 5.92. The molecule has 1 aromatic rings. The zero-order valence-corrected chi connectivity index (χ0v) is 14.1. The van der Waals surface area contributed by atoms with E-state index >= 15 is 0 Å². The molecule has 0 bridgehead atoms. The van der Waals surface area contributed by atoms with E-state index in [1.807, 2.05) is 32.9 Å². The number of carbonyl (C=O) groups is 1. The lowest BCUT2D eigenvalue weighted by Crippen LogP contribution is -2.50. The van der Waals surface area contributed by atoms with Crippen molar-refractivity contribution in [2.75, 3.05) is 13.2 Å². The highest BCUT2D eigenvalue weighted by Crippen LogP contribution is 2.23. The van der Waals surface area contributed by atoms with Crippen molar-refractivity contribution in [3.8, 4) is 5.88 Å². The number of ether oxygens (including phenoxy) is 2. The van der Waals surface area contributed by atoms with E-state index in [2.05, 4.69) is 26.2 Å². The van der Waals surface area contributed by atoms with E-state index in [0.717, 1.165) is 10.9 Å². The summed E-state index contributed by atoms with van der Waals surface area (Å²) >= 11 is 3.39. The highest BCUT2D eigenvalue weighted by atomic mass is 79.9. The Kier molecular flexibility index (Phi) is 5.22. The summed E-state index contributed by atoms with van der Waals surface area (Å²) in [5.41, 5.74) is -0.476. The maximum atomic E-state index is 12.3. The second-order valence-corrected chi connectivity index (χ2v) is 6.78. The van der Waals surface area contributed by atoms with Gasteiger partial charge in [-0.15, -0.1) is 0 Å². The number of pyridine rings is 1. The first kappa shape index (κ1) is 16.2. The van der Waals surface area contributed by atoms with Gasteiger partial charge in [-0.3, -0.25) is 4.79 Å². The van der Waals surface area contributed by atoms with Crippen molar-refractivity contribution in [2.45, 2.75) is 38.8 Å². The van der Waals surface area contributed by atoms with Crippen molar-refractivity contribution in [1.82, 2.24) is 10.3 Å². The molecule has 2 unspecified atom stereocenters. The first-order chi connectivity index (χ1) is 9.89. The minimum Gasteiger partial charge on any atom is -0.474 e. The van der Waals surface area contributed by atoms with E-state index in [1.54, 1.807) is 6.20 Å². The minimum absolute atomic E-state index is 0.0216. The Morgan fingerprint density at radius 2 is 2.38 bits per heavy atom. The number of aromatic nitrogens is 1. The van der Waals surface area contributed by atoms with Gasteiger partial charge in [-0.1, -0.05) is 0 Å². The predicted molar refractivity (Wildman–Crippen MR) is 83.2 cm³/mol. The average molecular weight is 357 g/mol. The van der Waals surface area contributed by atoms with Crippen LogP contribution in [0.1, 0.15) is 27.2 Å². The third-order valence-electron chi connectivity index (χ3n) is 3.47. The standard InChI is InChI=1S/C15H21BrN2O3/c1-10-11(6-8-20-10)13(19)18-15(2,3)9-21-14-12(16)5-4-7-17-14/h4-5,7,10-11H,6,8-9H2,1-3H3,(H,18,19). The third-order valence-corrected chi connectivity index (χ3v) is 4.07. The highest BCUT2D eigenvalue weighted by molar-refractivity contribution is 9.10. The van der Waals surface area contributed by atoms with Crippen LogP contribution in [0, 0.1) is 5.92 Å². The predicted octanol–water partition coefficient (Wildman–Crippen LogP) is 2.54. The highest BCUT2D eigenvalue weighted by Gasteiger charge is 2.33. The van der Waals surface area contributed by atoms with Crippen molar-refractivity contribution >= 4 is 21.8 Å². The Bertz CT molecular complexity index is 507. The molecule has 1 aliphatic rings. The largest absolute Gasteiger partial charge is 0.474 e. The summed E-state index contributed by atoms with van der Waals surface area (Å²) in [5.74, 6) is 0.469. The van der Waals surface area contributed by atoms with E-state index in [9.17, 15) is 4.79 Å². The van der Waals surface area contributed by atoms with Gasteiger partial charge in [0.2, 0.25) is 11.8 Å². The summed E-state index contributed by atoms with van der Waals surface area (Å²) in [7, 11) is 0. The van der Waals surface area contributed by atoms with Crippen LogP contribution in [-0.2, 0) is 9.53 Å². The van der Waals surface area contributed by atoms with Gasteiger partial charge < -0.3 is 14.8 Å². The van der Waals surface area contributed by atoms with Crippen LogP contribution in [0.25, 0.3) is 0 Å². The van der Waals surface area contributed by atoms with Gasteiger partial charge in [-0.05, 0) is 55.3 Å². The lowest BCUT2D eigenvalue weighted by atomic mass is 9.99. The lowest BCUT2D eigenvalue weighted by molar-refractivity contribution is -0.128. The molecule has 0 aliphatic carbocycles. The Labute approximate surface area is 133 Å². The maximum Gasteiger partial charge on any atom is 0.228 e. The molecule has 5 nitrogen and oxygen atoms in total. The molecule has 1 N–H and O–H groups in total. The average Bonchev–Trinajstić information content (AvgIpc) is 2.84. The number of amides is 1. The molecule has 1 fully saturated rings. The van der Waals surface area contributed by atoms with E-state index in [4.69, 9.17) is 9.47 Å². The fourth-order valence-corrected chi connectivity index (χ4v) is 2.63. The molecular formula is C15H21BrN2O3. The quantitative estimate of drug-likeness (QED) is 0.880. The normalized spacial score (nSPS) is 22.1. The number of rotatable bonds is 5. The fourth-order valence-electron chi connectivity index (χ4n) is 2.26. The van der Waals surface area contributed by atoms with Crippen LogP contribution in [0.3, 0.4) is 0 Å². The van der Waals surface area contributed by atoms with Crippen molar-refractivity contribution < 1.29 is 14.3 Å². The van der Waals surface area contributed by atoms with Crippen molar-refractivity contribution in [2.24, 2.45) is 5.92 Å². The summed E-state index contributed by atoms with van der Waals surface area (Å²) in [5, 5.41) is 3.03. The van der Waals surface area contributed by atoms with E-state index < -0.39 is 5.54 Å². The van der Waals surface area contributed by atoms with Crippen molar-refractivity contribution in [3.63, 3.8) is 0 Å². The molecule has 0 radical (unpaired) electrons. The van der Waals surface area contributed by atoms with Crippen molar-refractivity contribution in [1.29, 1.82) is 0 Å². The second kappa shape index (κ2) is 6.75. The van der Waals surface area contributed by atoms with Crippen LogP contribution >= 0.6 is 15.9 Å². The Morgan fingerprint density at radius 1 is 1.62 bits per heavy atom. The Morgan fingerprint density at radius 3 is 3.00 bits per heavy atom. The van der Waals surface area contributed by atoms with Gasteiger partial charge in [0.25, 0.3) is 0 Å². The van der Waals surface area contributed by atoms with Gasteiger partial charge in [0.1, 0.15) is 6.61 Å². The first-order valence-corrected chi connectivity index (χ1v) is 7.85. The van der Waals surface area contributed by atoms with Crippen molar-refractivity contribution in [3.05, 3.63) is 22.8 Å². The van der Waals surface area contributed by atoms with E-state index in [-0.39, 0.29) is 17.9 Å². The maximum absolute atomic E-state index is 12.3. The topological polar surface area (TPSA) is 60.5 Å². The van der Waals surface area contributed by atoms with Crippen LogP contribution in [-0.4, -0.2) is 35.7 Å². The van der Waals surface area contributed by atoms with Gasteiger partial charge in [-0.25, -0.2) is 4.98 Å². The number of nitrogens with one attached hydrogen (secondary N) is 1. The third kappa shape index (κ3) is 4.41. The zero-order valence-electron chi connectivity index (χ0n) is 12.6. The molecule has 2 atom stereocenters. The molecule has 2 heterocycles. The summed E-state index contributed by atoms with van der Waals surface area (Å²) in [6.07, 6.45) is 2.42. The van der Waals surface area contributed by atoms with Gasteiger partial charge >= 0.3 is 0 Å². The van der Waals surface area contributed by atoms with Crippen LogP contribution in [0.5, 0.6) is 5.88 Å². The summed E-state index contributed by atoms with van der Waals surface area (Å²) in [6.45, 7) is 6.80. The molecule has 21 heavy (non-hydrogen) atoms. The molecule has 6 heteroatoms. The molecule has 1 saturated heterocycles. The van der Waals surface area contributed by atoms with Crippen LogP contribution in [0.2, 0.25) is 0 Å². The molecule has 0 saturated carbocycles. The van der Waals surface area contributed by atoms with Crippen LogP contribution in [0.15, 0.2) is 22.8 Å². The number of halogens is 1. The van der Waals surface area contributed by atoms with Gasteiger partial charge in [0, 0.05) is 12.8 Å². The molecule has 2 rings (SSSR count). The number of hydrogen-bond donors (Lipinski definition) is 1. The van der Waals surface area contributed by atoms with E-state index in [1.165, 1.54) is 0 Å². The van der Waals surface area contributed by atoms with Gasteiger partial charge in [-0.2, -0.15) is 0 Å². The Hall–Kier alpha value is -1.14. The first-order valence-electron chi connectivity index (χ1n) is 7.06.